The Morgan fingerprint density at radius 3 is 2.48 bits per heavy atom. The summed E-state index contributed by atoms with van der Waals surface area (Å²) in [5, 5.41) is 5.99. The van der Waals surface area contributed by atoms with E-state index in [4.69, 9.17) is 14.2 Å². The number of fused-ring (bicyclic) bond motifs is 1. The van der Waals surface area contributed by atoms with E-state index in [0.29, 0.717) is 22.7 Å². The van der Waals surface area contributed by atoms with Gasteiger partial charge in [-0.2, -0.15) is 0 Å². The van der Waals surface area contributed by atoms with E-state index in [1.165, 1.54) is 23.1 Å². The first kappa shape index (κ1) is 31.2. The Bertz CT molecular complexity index is 1540. The first-order valence-corrected chi connectivity index (χ1v) is 15.6. The summed E-state index contributed by atoms with van der Waals surface area (Å²) in [5.41, 5.74) is 3.59. The average Bonchev–Trinajstić information content (AvgIpc) is 3.39. The third-order valence-corrected chi connectivity index (χ3v) is 8.95. The molecule has 0 fully saturated rings. The normalized spacial score (nSPS) is 12.4. The average molecular weight is 608 g/mol. The van der Waals surface area contributed by atoms with E-state index in [-0.39, 0.29) is 29.7 Å². The van der Waals surface area contributed by atoms with Gasteiger partial charge in [0.15, 0.2) is 4.34 Å². The molecule has 0 radical (unpaired) electrons. The molecule has 2 amide bonds. The van der Waals surface area contributed by atoms with Crippen LogP contribution in [0.1, 0.15) is 61.1 Å². The number of nitrogens with one attached hydrogen (secondary N) is 2. The Morgan fingerprint density at radius 2 is 1.79 bits per heavy atom. The molecule has 0 spiro atoms. The molecule has 0 aliphatic carbocycles. The van der Waals surface area contributed by atoms with E-state index in [1.807, 2.05) is 69.3 Å². The Labute approximate surface area is 255 Å². The predicted molar refractivity (Wildman–Crippen MR) is 171 cm³/mol. The van der Waals surface area contributed by atoms with E-state index >= 15 is 0 Å². The number of methoxy groups -OCH3 is 2. The van der Waals surface area contributed by atoms with E-state index in [1.54, 1.807) is 20.3 Å². The highest BCUT2D eigenvalue weighted by molar-refractivity contribution is 8.01. The van der Waals surface area contributed by atoms with Gasteiger partial charge in [-0.15, -0.1) is 11.3 Å². The number of hydrogen-bond acceptors (Lipinski definition) is 8. The molecule has 0 bridgehead atoms. The van der Waals surface area contributed by atoms with Crippen LogP contribution >= 0.6 is 23.1 Å². The fourth-order valence-electron chi connectivity index (χ4n) is 4.56. The van der Waals surface area contributed by atoms with Crippen LogP contribution in [0.5, 0.6) is 17.2 Å². The van der Waals surface area contributed by atoms with E-state index in [0.717, 1.165) is 44.3 Å². The lowest BCUT2D eigenvalue weighted by Crippen LogP contribution is -2.28. The fourth-order valence-corrected chi connectivity index (χ4v) is 6.42. The van der Waals surface area contributed by atoms with Crippen molar-refractivity contribution in [3.8, 4) is 17.2 Å². The molecule has 1 unspecified atom stereocenters. The van der Waals surface area contributed by atoms with Gasteiger partial charge < -0.3 is 24.8 Å². The minimum absolute atomic E-state index is 0.0725. The third kappa shape index (κ3) is 7.74. The van der Waals surface area contributed by atoms with Crippen molar-refractivity contribution in [1.82, 2.24) is 10.3 Å². The van der Waals surface area contributed by atoms with Crippen molar-refractivity contribution in [2.75, 3.05) is 25.3 Å². The molecule has 4 rings (SSSR count). The van der Waals surface area contributed by atoms with Crippen LogP contribution in [-0.2, 0) is 4.79 Å². The SMILES string of the molecule is CCCC(C)Oc1ccc(C(=O)Nc2ccc3sc(SCC(=O)N[C@@H](C)c4ccc(OC)cc4)nc3c2)c(OC)c1C. The number of hydrogen-bond donors (Lipinski definition) is 2. The largest absolute Gasteiger partial charge is 0.497 e. The molecule has 0 aliphatic rings. The number of benzene rings is 3. The van der Waals surface area contributed by atoms with Crippen molar-refractivity contribution in [1.29, 1.82) is 0 Å². The zero-order chi connectivity index (χ0) is 30.2. The number of ether oxygens (including phenoxy) is 3. The second kappa shape index (κ2) is 14.4. The summed E-state index contributed by atoms with van der Waals surface area (Å²) >= 11 is 2.90. The van der Waals surface area contributed by atoms with Crippen LogP contribution in [0.2, 0.25) is 0 Å². The lowest BCUT2D eigenvalue weighted by molar-refractivity contribution is -0.119. The number of thiazole rings is 1. The van der Waals surface area contributed by atoms with E-state index in [9.17, 15) is 9.59 Å². The van der Waals surface area contributed by atoms with Crippen molar-refractivity contribution in [3.63, 3.8) is 0 Å². The van der Waals surface area contributed by atoms with Crippen LogP contribution in [0.25, 0.3) is 10.2 Å². The van der Waals surface area contributed by atoms with Gasteiger partial charge in [-0.1, -0.05) is 37.2 Å². The smallest absolute Gasteiger partial charge is 0.259 e. The molecule has 222 valence electrons. The number of carbonyl (C=O) groups excluding carboxylic acids is 2. The molecule has 2 N–H and O–H groups in total. The van der Waals surface area contributed by atoms with Gasteiger partial charge in [0, 0.05) is 11.3 Å². The zero-order valence-electron chi connectivity index (χ0n) is 24.8. The van der Waals surface area contributed by atoms with Crippen LogP contribution in [0.4, 0.5) is 5.69 Å². The van der Waals surface area contributed by atoms with Gasteiger partial charge >= 0.3 is 0 Å². The summed E-state index contributed by atoms with van der Waals surface area (Å²) in [5.74, 6) is 1.87. The van der Waals surface area contributed by atoms with Crippen LogP contribution in [0, 0.1) is 6.92 Å². The minimum Gasteiger partial charge on any atom is -0.497 e. The number of amides is 2. The Morgan fingerprint density at radius 1 is 1.02 bits per heavy atom. The maximum atomic E-state index is 13.2. The molecule has 8 nitrogen and oxygen atoms in total. The summed E-state index contributed by atoms with van der Waals surface area (Å²) in [4.78, 5) is 30.5. The number of nitrogens with zero attached hydrogens (tertiary/aromatic N) is 1. The highest BCUT2D eigenvalue weighted by Crippen LogP contribution is 2.34. The Hall–Kier alpha value is -3.76. The number of rotatable bonds is 13. The molecule has 1 heterocycles. The second-order valence-corrected chi connectivity index (χ2v) is 12.2. The van der Waals surface area contributed by atoms with E-state index < -0.39 is 0 Å². The monoisotopic (exact) mass is 607 g/mol. The summed E-state index contributed by atoms with van der Waals surface area (Å²) in [6, 6.07) is 16.7. The molecule has 1 aromatic heterocycles. The minimum atomic E-state index is -0.282. The summed E-state index contributed by atoms with van der Waals surface area (Å²) in [7, 11) is 3.18. The summed E-state index contributed by atoms with van der Waals surface area (Å²) in [6.45, 7) is 8.00. The first-order valence-electron chi connectivity index (χ1n) is 13.8. The molecule has 3 aromatic carbocycles. The molecule has 0 aliphatic heterocycles. The van der Waals surface area contributed by atoms with E-state index in [2.05, 4.69) is 22.5 Å². The number of anilines is 1. The molecule has 10 heteroatoms. The third-order valence-electron chi connectivity index (χ3n) is 6.77. The van der Waals surface area contributed by atoms with Gasteiger partial charge in [-0.05, 0) is 75.2 Å². The van der Waals surface area contributed by atoms with Gasteiger partial charge in [0.05, 0.1) is 47.9 Å². The molecule has 2 atom stereocenters. The maximum absolute atomic E-state index is 13.2. The second-order valence-electron chi connectivity index (χ2n) is 9.95. The van der Waals surface area contributed by atoms with Gasteiger partial charge in [-0.25, -0.2) is 4.98 Å². The predicted octanol–water partition coefficient (Wildman–Crippen LogP) is 7.41. The number of aromatic nitrogens is 1. The quantitative estimate of drug-likeness (QED) is 0.153. The van der Waals surface area contributed by atoms with Crippen LogP contribution in [-0.4, -0.2) is 42.9 Å². The van der Waals surface area contributed by atoms with Crippen molar-refractivity contribution in [2.24, 2.45) is 0 Å². The Kier molecular flexibility index (Phi) is 10.7. The van der Waals surface area contributed by atoms with Gasteiger partial charge in [0.1, 0.15) is 17.2 Å². The van der Waals surface area contributed by atoms with Crippen LogP contribution < -0.4 is 24.8 Å². The standard InChI is InChI=1S/C32H37N3O5S2/c1-7-8-19(2)40-27-15-14-25(30(39-6)20(27)3)31(37)34-23-11-16-28-26(17-23)35-32(42-28)41-18-29(36)33-21(4)22-9-12-24(38-5)13-10-22/h9-17,19,21H,7-8,18H2,1-6H3,(H,33,36)(H,34,37)/t19?,21-/m0/s1. The van der Waals surface area contributed by atoms with Crippen molar-refractivity contribution in [2.45, 2.75) is 57.0 Å². The molecule has 0 saturated heterocycles. The highest BCUT2D eigenvalue weighted by atomic mass is 32.2. The molecule has 0 saturated carbocycles. The lowest BCUT2D eigenvalue weighted by atomic mass is 10.1. The van der Waals surface area contributed by atoms with Crippen molar-refractivity contribution >= 4 is 50.8 Å². The van der Waals surface area contributed by atoms with Crippen LogP contribution in [0.3, 0.4) is 0 Å². The molecule has 4 aromatic rings. The number of carbonyl (C=O) groups is 2. The molecular weight excluding hydrogens is 571 g/mol. The molecule has 42 heavy (non-hydrogen) atoms. The first-order chi connectivity index (χ1) is 20.2. The Balaban J connectivity index is 1.38. The zero-order valence-corrected chi connectivity index (χ0v) is 26.4. The van der Waals surface area contributed by atoms with Crippen molar-refractivity contribution in [3.05, 3.63) is 71.3 Å². The summed E-state index contributed by atoms with van der Waals surface area (Å²) in [6.07, 6.45) is 2.05. The topological polar surface area (TPSA) is 98.8 Å². The van der Waals surface area contributed by atoms with Gasteiger partial charge in [-0.3, -0.25) is 9.59 Å². The van der Waals surface area contributed by atoms with Gasteiger partial charge in [0.25, 0.3) is 5.91 Å². The van der Waals surface area contributed by atoms with Gasteiger partial charge in [0.2, 0.25) is 5.91 Å². The maximum Gasteiger partial charge on any atom is 0.259 e. The fraction of sp³-hybridized carbons (Fsp3) is 0.344. The number of thioether (sulfide) groups is 1. The van der Waals surface area contributed by atoms with Crippen LogP contribution in [0.15, 0.2) is 58.9 Å². The highest BCUT2D eigenvalue weighted by Gasteiger charge is 2.19. The lowest BCUT2D eigenvalue weighted by Gasteiger charge is -2.19. The summed E-state index contributed by atoms with van der Waals surface area (Å²) < 4.78 is 18.6. The van der Waals surface area contributed by atoms with Crippen molar-refractivity contribution < 1.29 is 23.8 Å². The molecular formula is C32H37N3O5S2.